The number of rotatable bonds is 8. The third-order valence-corrected chi connectivity index (χ3v) is 4.95. The van der Waals surface area contributed by atoms with E-state index in [0.29, 0.717) is 12.5 Å². The van der Waals surface area contributed by atoms with Crippen LogP contribution < -0.4 is 10.6 Å². The van der Waals surface area contributed by atoms with Crippen molar-refractivity contribution in [3.05, 3.63) is 0 Å². The van der Waals surface area contributed by atoms with Gasteiger partial charge in [-0.2, -0.15) is 11.8 Å². The summed E-state index contributed by atoms with van der Waals surface area (Å²) in [5.74, 6) is 0.778. The number of unbranched alkanes of at least 4 members (excludes halogenated alkanes) is 2. The van der Waals surface area contributed by atoms with Crippen LogP contribution in [0, 0.1) is 0 Å². The third-order valence-electron chi connectivity index (χ3n) is 3.86. The van der Waals surface area contributed by atoms with Gasteiger partial charge in [-0.15, -0.1) is 0 Å². The van der Waals surface area contributed by atoms with Gasteiger partial charge in [0.25, 0.3) is 0 Å². The Hall–Kier alpha value is -0.910. The summed E-state index contributed by atoms with van der Waals surface area (Å²) in [7, 11) is 3.25. The van der Waals surface area contributed by atoms with E-state index < -0.39 is 0 Å². The average Bonchev–Trinajstić information content (AvgIpc) is 2.96. The van der Waals surface area contributed by atoms with Crippen molar-refractivity contribution in [1.29, 1.82) is 0 Å². The van der Waals surface area contributed by atoms with Crippen LogP contribution in [0.15, 0.2) is 4.99 Å². The lowest BCUT2D eigenvalue weighted by Gasteiger charge is -2.17. The van der Waals surface area contributed by atoms with E-state index in [0.717, 1.165) is 37.0 Å². The maximum absolute atomic E-state index is 11.0. The minimum atomic E-state index is -0.120. The number of esters is 1. The Morgan fingerprint density at radius 1 is 1.33 bits per heavy atom. The predicted octanol–water partition coefficient (Wildman–Crippen LogP) is 2.17. The van der Waals surface area contributed by atoms with Crippen LogP contribution in [-0.2, 0) is 9.53 Å². The second-order valence-corrected chi connectivity index (χ2v) is 6.54. The van der Waals surface area contributed by atoms with Gasteiger partial charge >= 0.3 is 5.97 Å². The highest BCUT2D eigenvalue weighted by Gasteiger charge is 2.24. The molecule has 0 amide bonds. The maximum atomic E-state index is 11.0. The van der Waals surface area contributed by atoms with Gasteiger partial charge in [0.1, 0.15) is 0 Å². The minimum absolute atomic E-state index is 0.120. The van der Waals surface area contributed by atoms with E-state index in [2.05, 4.69) is 26.6 Å². The molecule has 0 aromatic heterocycles. The van der Waals surface area contributed by atoms with Crippen molar-refractivity contribution in [2.75, 3.05) is 27.0 Å². The van der Waals surface area contributed by atoms with Gasteiger partial charge in [-0.25, -0.2) is 0 Å². The maximum Gasteiger partial charge on any atom is 0.305 e. The first-order valence-corrected chi connectivity index (χ1v) is 9.05. The Balaban J connectivity index is 2.08. The van der Waals surface area contributed by atoms with Gasteiger partial charge in [-0.3, -0.25) is 9.79 Å². The van der Waals surface area contributed by atoms with Crippen LogP contribution in [0.5, 0.6) is 0 Å². The highest BCUT2D eigenvalue weighted by atomic mass is 32.2. The van der Waals surface area contributed by atoms with Crippen LogP contribution >= 0.6 is 11.8 Å². The molecule has 0 saturated heterocycles. The molecule has 5 nitrogen and oxygen atoms in total. The Kier molecular flexibility index (Phi) is 9.30. The molecule has 1 saturated carbocycles. The summed E-state index contributed by atoms with van der Waals surface area (Å²) in [6, 6.07) is 0.549. The summed E-state index contributed by atoms with van der Waals surface area (Å²) in [5, 5.41) is 7.64. The number of nitrogens with one attached hydrogen (secondary N) is 2. The molecule has 0 heterocycles. The number of ether oxygens (including phenoxy) is 1. The molecule has 0 bridgehead atoms. The number of thioether (sulfide) groups is 1. The largest absolute Gasteiger partial charge is 0.469 e. The van der Waals surface area contributed by atoms with Crippen molar-refractivity contribution in [2.45, 2.75) is 56.2 Å². The average molecular weight is 315 g/mol. The van der Waals surface area contributed by atoms with Gasteiger partial charge in [-0.1, -0.05) is 6.42 Å². The van der Waals surface area contributed by atoms with E-state index >= 15 is 0 Å². The normalized spacial score (nSPS) is 22.1. The summed E-state index contributed by atoms with van der Waals surface area (Å²) >= 11 is 1.96. The van der Waals surface area contributed by atoms with Crippen LogP contribution in [0.1, 0.15) is 44.9 Å². The standard InChI is InChI=1S/C15H29N3O2S/c1-16-15(18-12-8-9-13(11-12)21-3)17-10-6-4-5-7-14(19)20-2/h12-13H,4-11H2,1-3H3,(H2,16,17,18)/t12-,13-/m1/s1. The lowest BCUT2D eigenvalue weighted by atomic mass is 10.2. The molecule has 0 unspecified atom stereocenters. The summed E-state index contributed by atoms with van der Waals surface area (Å²) in [6.45, 7) is 0.888. The summed E-state index contributed by atoms with van der Waals surface area (Å²) in [4.78, 5) is 15.3. The van der Waals surface area contributed by atoms with Crippen molar-refractivity contribution in [1.82, 2.24) is 10.6 Å². The van der Waals surface area contributed by atoms with Crippen LogP contribution in [0.25, 0.3) is 0 Å². The van der Waals surface area contributed by atoms with Crippen molar-refractivity contribution >= 4 is 23.7 Å². The summed E-state index contributed by atoms with van der Waals surface area (Å²) in [5.41, 5.74) is 0. The lowest BCUT2D eigenvalue weighted by molar-refractivity contribution is -0.140. The molecular formula is C15H29N3O2S. The van der Waals surface area contributed by atoms with Crippen molar-refractivity contribution in [3.8, 4) is 0 Å². The molecule has 2 N–H and O–H groups in total. The van der Waals surface area contributed by atoms with E-state index in [-0.39, 0.29) is 5.97 Å². The molecule has 122 valence electrons. The lowest BCUT2D eigenvalue weighted by Crippen LogP contribution is -2.42. The predicted molar refractivity (Wildman–Crippen MR) is 89.9 cm³/mol. The van der Waals surface area contributed by atoms with E-state index in [1.807, 2.05) is 18.8 Å². The van der Waals surface area contributed by atoms with Crippen LogP contribution in [0.4, 0.5) is 0 Å². The number of carbonyl (C=O) groups excluding carboxylic acids is 1. The molecule has 21 heavy (non-hydrogen) atoms. The first-order valence-electron chi connectivity index (χ1n) is 7.76. The molecule has 0 radical (unpaired) electrons. The fourth-order valence-electron chi connectivity index (χ4n) is 2.55. The second-order valence-electron chi connectivity index (χ2n) is 5.40. The van der Waals surface area contributed by atoms with Gasteiger partial charge in [0, 0.05) is 31.3 Å². The van der Waals surface area contributed by atoms with Crippen LogP contribution in [-0.4, -0.2) is 50.2 Å². The number of guanidine groups is 1. The number of nitrogens with zero attached hydrogens (tertiary/aromatic N) is 1. The van der Waals surface area contributed by atoms with E-state index in [4.69, 9.17) is 0 Å². The molecule has 1 fully saturated rings. The molecule has 0 aromatic carbocycles. The summed E-state index contributed by atoms with van der Waals surface area (Å²) in [6.07, 6.45) is 9.40. The Morgan fingerprint density at radius 2 is 2.14 bits per heavy atom. The van der Waals surface area contributed by atoms with Crippen LogP contribution in [0.2, 0.25) is 0 Å². The summed E-state index contributed by atoms with van der Waals surface area (Å²) < 4.78 is 4.62. The molecule has 0 spiro atoms. The molecule has 1 aliphatic carbocycles. The van der Waals surface area contributed by atoms with Gasteiger partial charge in [0.05, 0.1) is 7.11 Å². The van der Waals surface area contributed by atoms with Gasteiger partial charge < -0.3 is 15.4 Å². The van der Waals surface area contributed by atoms with E-state index in [1.54, 1.807) is 0 Å². The van der Waals surface area contributed by atoms with Gasteiger partial charge in [-0.05, 0) is 38.4 Å². The number of aliphatic imine (C=N–C) groups is 1. The van der Waals surface area contributed by atoms with Gasteiger partial charge in [0.15, 0.2) is 5.96 Å². The molecule has 2 atom stereocenters. The van der Waals surface area contributed by atoms with E-state index in [1.165, 1.54) is 26.4 Å². The Morgan fingerprint density at radius 3 is 2.76 bits per heavy atom. The SMILES string of the molecule is CN=C(NCCCCCC(=O)OC)N[C@@H]1CC[C@@H](SC)C1. The zero-order chi connectivity index (χ0) is 15.5. The number of hydrogen-bond donors (Lipinski definition) is 2. The quantitative estimate of drug-likeness (QED) is 0.311. The number of hydrogen-bond acceptors (Lipinski definition) is 4. The zero-order valence-corrected chi connectivity index (χ0v) is 14.3. The zero-order valence-electron chi connectivity index (χ0n) is 13.5. The highest BCUT2D eigenvalue weighted by molar-refractivity contribution is 7.99. The first kappa shape index (κ1) is 18.1. The van der Waals surface area contributed by atoms with Crippen molar-refractivity contribution in [2.24, 2.45) is 4.99 Å². The molecule has 1 rings (SSSR count). The molecule has 0 aliphatic heterocycles. The molecule has 1 aliphatic rings. The minimum Gasteiger partial charge on any atom is -0.469 e. The molecular weight excluding hydrogens is 286 g/mol. The number of carbonyl (C=O) groups is 1. The topological polar surface area (TPSA) is 62.7 Å². The molecule has 6 heteroatoms. The fourth-order valence-corrected chi connectivity index (χ4v) is 3.35. The van der Waals surface area contributed by atoms with Crippen molar-refractivity contribution in [3.63, 3.8) is 0 Å². The number of methoxy groups -OCH3 is 1. The highest BCUT2D eigenvalue weighted by Crippen LogP contribution is 2.27. The smallest absolute Gasteiger partial charge is 0.305 e. The Labute approximate surface area is 132 Å². The van der Waals surface area contributed by atoms with Crippen molar-refractivity contribution < 1.29 is 9.53 Å². The van der Waals surface area contributed by atoms with Crippen LogP contribution in [0.3, 0.4) is 0 Å². The molecule has 0 aromatic rings. The van der Waals surface area contributed by atoms with Gasteiger partial charge in [0.2, 0.25) is 0 Å². The monoisotopic (exact) mass is 315 g/mol. The first-order chi connectivity index (χ1) is 10.2. The Bertz CT molecular complexity index is 337. The second kappa shape index (κ2) is 10.8. The third kappa shape index (κ3) is 7.60. The van der Waals surface area contributed by atoms with E-state index in [9.17, 15) is 4.79 Å². The fraction of sp³-hybridized carbons (Fsp3) is 0.867.